The number of carbonyl (C=O) groups is 1. The normalized spacial score (nSPS) is 12.6. The van der Waals surface area contributed by atoms with Gasteiger partial charge >= 0.3 is 12.4 Å². The minimum atomic E-state index is -4.60. The van der Waals surface area contributed by atoms with Crippen molar-refractivity contribution in [3.8, 4) is 0 Å². The predicted octanol–water partition coefficient (Wildman–Crippen LogP) is 3.63. The molecular formula is C10H7F6NO. The van der Waals surface area contributed by atoms with Crippen LogP contribution in [0.2, 0.25) is 0 Å². The number of hydrogen-bond donors (Lipinski definition) is 0. The second-order valence-corrected chi connectivity index (χ2v) is 3.47. The second kappa shape index (κ2) is 4.95. The zero-order valence-corrected chi connectivity index (χ0v) is 8.77. The van der Waals surface area contributed by atoms with Gasteiger partial charge in [-0.05, 0) is 12.1 Å². The standard InChI is InChI=1S/C10H7F6NO/c11-9(12,13)4-3-8(18)7-2-1-6(5-17-7)10(14,15)16/h1-2,5H,3-4H2. The number of ketones is 1. The number of alkyl halides is 6. The number of nitrogens with zero attached hydrogens (tertiary/aromatic N) is 1. The molecule has 18 heavy (non-hydrogen) atoms. The molecule has 0 amide bonds. The van der Waals surface area contributed by atoms with Crippen molar-refractivity contribution in [2.75, 3.05) is 0 Å². The van der Waals surface area contributed by atoms with Crippen LogP contribution in [0.25, 0.3) is 0 Å². The molecule has 2 nitrogen and oxygen atoms in total. The molecule has 0 radical (unpaired) electrons. The highest BCUT2D eigenvalue weighted by Gasteiger charge is 2.31. The van der Waals surface area contributed by atoms with Crippen LogP contribution in [0.15, 0.2) is 18.3 Å². The van der Waals surface area contributed by atoms with Crippen LogP contribution in [-0.2, 0) is 6.18 Å². The summed E-state index contributed by atoms with van der Waals surface area (Å²) in [5.74, 6) is -0.943. The minimum absolute atomic E-state index is 0.410. The van der Waals surface area contributed by atoms with Crippen LogP contribution >= 0.6 is 0 Å². The first-order valence-corrected chi connectivity index (χ1v) is 4.73. The Morgan fingerprint density at radius 3 is 2.11 bits per heavy atom. The van der Waals surface area contributed by atoms with E-state index in [0.29, 0.717) is 12.3 Å². The molecule has 0 spiro atoms. The molecule has 1 aromatic heterocycles. The predicted molar refractivity (Wildman–Crippen MR) is 48.9 cm³/mol. The molecule has 0 aliphatic rings. The number of rotatable bonds is 3. The topological polar surface area (TPSA) is 30.0 Å². The first-order valence-electron chi connectivity index (χ1n) is 4.73. The maximum Gasteiger partial charge on any atom is 0.417 e. The summed E-state index contributed by atoms with van der Waals surface area (Å²) in [5.41, 5.74) is -1.47. The van der Waals surface area contributed by atoms with Crippen molar-refractivity contribution in [1.29, 1.82) is 0 Å². The number of hydrogen-bond acceptors (Lipinski definition) is 2. The number of aromatic nitrogens is 1. The van der Waals surface area contributed by atoms with Crippen molar-refractivity contribution in [3.63, 3.8) is 0 Å². The van der Waals surface area contributed by atoms with Crippen LogP contribution < -0.4 is 0 Å². The Bertz CT molecular complexity index is 419. The summed E-state index contributed by atoms with van der Waals surface area (Å²) < 4.78 is 71.9. The molecule has 0 aromatic carbocycles. The van der Waals surface area contributed by atoms with Crippen LogP contribution in [-0.4, -0.2) is 16.9 Å². The molecule has 0 unspecified atom stereocenters. The van der Waals surface area contributed by atoms with E-state index in [-0.39, 0.29) is 0 Å². The molecule has 1 heterocycles. The highest BCUT2D eigenvalue weighted by atomic mass is 19.4. The molecule has 100 valence electrons. The monoisotopic (exact) mass is 271 g/mol. The lowest BCUT2D eigenvalue weighted by Gasteiger charge is -2.07. The van der Waals surface area contributed by atoms with Gasteiger partial charge in [0.15, 0.2) is 5.78 Å². The van der Waals surface area contributed by atoms with Gasteiger partial charge in [-0.15, -0.1) is 0 Å². The van der Waals surface area contributed by atoms with Crippen molar-refractivity contribution >= 4 is 5.78 Å². The van der Waals surface area contributed by atoms with Crippen molar-refractivity contribution in [3.05, 3.63) is 29.6 Å². The maximum atomic E-state index is 12.2. The third-order valence-electron chi connectivity index (χ3n) is 2.01. The molecule has 0 aliphatic heterocycles. The van der Waals surface area contributed by atoms with E-state index < -0.39 is 42.2 Å². The third-order valence-corrected chi connectivity index (χ3v) is 2.01. The number of Topliss-reactive ketones (excluding diaryl/α,β-unsaturated/α-hetero) is 1. The number of pyridine rings is 1. The van der Waals surface area contributed by atoms with Crippen LogP contribution in [0.3, 0.4) is 0 Å². The molecule has 0 saturated carbocycles. The average Bonchev–Trinajstić information content (AvgIpc) is 2.24. The second-order valence-electron chi connectivity index (χ2n) is 3.47. The first kappa shape index (κ1) is 14.5. The van der Waals surface area contributed by atoms with E-state index in [9.17, 15) is 31.1 Å². The fourth-order valence-corrected chi connectivity index (χ4v) is 1.11. The summed E-state index contributed by atoms with van der Waals surface area (Å²) in [6, 6.07) is 1.37. The molecule has 1 rings (SSSR count). The van der Waals surface area contributed by atoms with Gasteiger partial charge in [0.05, 0.1) is 12.0 Å². The van der Waals surface area contributed by atoms with E-state index in [1.165, 1.54) is 0 Å². The fourth-order valence-electron chi connectivity index (χ4n) is 1.11. The highest BCUT2D eigenvalue weighted by molar-refractivity contribution is 5.94. The molecule has 0 N–H and O–H groups in total. The molecule has 0 saturated heterocycles. The fraction of sp³-hybridized carbons (Fsp3) is 0.400. The molecular weight excluding hydrogens is 264 g/mol. The first-order chi connectivity index (χ1) is 8.09. The lowest BCUT2D eigenvalue weighted by molar-refractivity contribution is -0.137. The van der Waals surface area contributed by atoms with Crippen LogP contribution in [0.5, 0.6) is 0 Å². The van der Waals surface area contributed by atoms with Gasteiger partial charge in [-0.3, -0.25) is 9.78 Å². The Morgan fingerprint density at radius 2 is 1.72 bits per heavy atom. The Hall–Kier alpha value is -1.60. The Kier molecular flexibility index (Phi) is 3.98. The van der Waals surface area contributed by atoms with E-state index in [1.807, 2.05) is 0 Å². The van der Waals surface area contributed by atoms with Crippen LogP contribution in [0.1, 0.15) is 28.9 Å². The maximum absolute atomic E-state index is 12.2. The summed E-state index contributed by atoms with van der Waals surface area (Å²) in [5, 5.41) is 0. The third kappa shape index (κ3) is 4.34. The minimum Gasteiger partial charge on any atom is -0.292 e. The van der Waals surface area contributed by atoms with Crippen molar-refractivity contribution in [2.45, 2.75) is 25.2 Å². The van der Waals surface area contributed by atoms with E-state index in [4.69, 9.17) is 0 Å². The highest BCUT2D eigenvalue weighted by Crippen LogP contribution is 2.28. The molecule has 0 atom stereocenters. The van der Waals surface area contributed by atoms with Crippen molar-refractivity contribution < 1.29 is 31.1 Å². The smallest absolute Gasteiger partial charge is 0.292 e. The van der Waals surface area contributed by atoms with Gasteiger partial charge in [-0.1, -0.05) is 0 Å². The molecule has 8 heteroatoms. The zero-order valence-electron chi connectivity index (χ0n) is 8.77. The Morgan fingerprint density at radius 1 is 1.11 bits per heavy atom. The van der Waals surface area contributed by atoms with Crippen molar-refractivity contribution in [1.82, 2.24) is 4.98 Å². The van der Waals surface area contributed by atoms with E-state index in [2.05, 4.69) is 4.98 Å². The summed E-state index contributed by atoms with van der Waals surface area (Å²) >= 11 is 0. The van der Waals surface area contributed by atoms with E-state index in [0.717, 1.165) is 6.07 Å². The molecule has 0 bridgehead atoms. The molecule has 0 fully saturated rings. The van der Waals surface area contributed by atoms with Gasteiger partial charge in [0.1, 0.15) is 5.69 Å². The molecule has 0 aliphatic carbocycles. The summed E-state index contributed by atoms with van der Waals surface area (Å²) in [6.07, 6.45) is -10.8. The van der Waals surface area contributed by atoms with Crippen molar-refractivity contribution in [2.24, 2.45) is 0 Å². The largest absolute Gasteiger partial charge is 0.417 e. The lowest BCUT2D eigenvalue weighted by atomic mass is 10.1. The Balaban J connectivity index is 2.71. The zero-order chi connectivity index (χ0) is 14.0. The lowest BCUT2D eigenvalue weighted by Crippen LogP contribution is -2.12. The van der Waals surface area contributed by atoms with Gasteiger partial charge < -0.3 is 0 Å². The average molecular weight is 271 g/mol. The van der Waals surface area contributed by atoms with Gasteiger partial charge in [0, 0.05) is 12.6 Å². The van der Waals surface area contributed by atoms with E-state index >= 15 is 0 Å². The van der Waals surface area contributed by atoms with E-state index in [1.54, 1.807) is 0 Å². The van der Waals surface area contributed by atoms with Gasteiger partial charge in [0.25, 0.3) is 0 Å². The summed E-state index contributed by atoms with van der Waals surface area (Å²) in [6.45, 7) is 0. The molecule has 1 aromatic rings. The summed E-state index contributed by atoms with van der Waals surface area (Å²) in [4.78, 5) is 14.4. The summed E-state index contributed by atoms with van der Waals surface area (Å²) in [7, 11) is 0. The van der Waals surface area contributed by atoms with Crippen LogP contribution in [0, 0.1) is 0 Å². The van der Waals surface area contributed by atoms with Gasteiger partial charge in [-0.2, -0.15) is 26.3 Å². The number of halogens is 6. The quantitative estimate of drug-likeness (QED) is 0.620. The van der Waals surface area contributed by atoms with Crippen LogP contribution in [0.4, 0.5) is 26.3 Å². The number of carbonyl (C=O) groups excluding carboxylic acids is 1. The van der Waals surface area contributed by atoms with Gasteiger partial charge in [0.2, 0.25) is 0 Å². The Labute approximate surface area is 97.6 Å². The van der Waals surface area contributed by atoms with Gasteiger partial charge in [-0.25, -0.2) is 0 Å². The SMILES string of the molecule is O=C(CCC(F)(F)F)c1ccc(C(F)(F)F)cn1.